The van der Waals surface area contributed by atoms with E-state index in [4.69, 9.17) is 0 Å². The third-order valence-electron chi connectivity index (χ3n) is 5.20. The van der Waals surface area contributed by atoms with Gasteiger partial charge in [-0.2, -0.15) is 0 Å². The van der Waals surface area contributed by atoms with E-state index in [0.717, 1.165) is 15.7 Å². The molecule has 134 valence electrons. The van der Waals surface area contributed by atoms with E-state index >= 15 is 0 Å². The Morgan fingerprint density at radius 2 is 1.85 bits per heavy atom. The molecule has 0 saturated carbocycles. The Hall–Kier alpha value is -2.34. The molecule has 1 saturated heterocycles. The maximum atomic E-state index is 12.7. The number of carbonyl (C=O) groups excluding carboxylic acids is 2. The van der Waals surface area contributed by atoms with Crippen molar-refractivity contribution in [2.24, 2.45) is 0 Å². The Kier molecular flexibility index (Phi) is 4.23. The Morgan fingerprint density at radius 3 is 2.58 bits per heavy atom. The number of piperidine rings is 1. The van der Waals surface area contributed by atoms with Crippen LogP contribution in [0.3, 0.4) is 0 Å². The fourth-order valence-electron chi connectivity index (χ4n) is 3.79. The smallest absolute Gasteiger partial charge is 0.255 e. The van der Waals surface area contributed by atoms with Gasteiger partial charge in [0.1, 0.15) is 5.66 Å². The molecule has 1 fully saturated rings. The van der Waals surface area contributed by atoms with Crippen LogP contribution >= 0.6 is 15.9 Å². The zero-order chi connectivity index (χ0) is 18.3. The number of carbonyl (C=O) groups is 2. The van der Waals surface area contributed by atoms with Crippen molar-refractivity contribution in [3.63, 3.8) is 0 Å². The molecule has 2 aromatic carbocycles. The van der Waals surface area contributed by atoms with Crippen LogP contribution in [0.25, 0.3) is 0 Å². The quantitative estimate of drug-likeness (QED) is 0.751. The van der Waals surface area contributed by atoms with Crippen molar-refractivity contribution in [1.82, 2.24) is 10.2 Å². The normalized spacial score (nSPS) is 18.1. The lowest BCUT2D eigenvalue weighted by molar-refractivity contribution is 0.0639. The van der Waals surface area contributed by atoms with E-state index < -0.39 is 5.66 Å². The first kappa shape index (κ1) is 17.1. The number of amides is 2. The highest BCUT2D eigenvalue weighted by Gasteiger charge is 2.41. The van der Waals surface area contributed by atoms with Crippen LogP contribution in [-0.4, -0.2) is 35.5 Å². The highest BCUT2D eigenvalue weighted by Crippen LogP contribution is 2.33. The number of likely N-dealkylation sites (tertiary alicyclic amines) is 1. The topological polar surface area (TPSA) is 61.4 Å². The second kappa shape index (κ2) is 6.43. The Morgan fingerprint density at radius 1 is 1.12 bits per heavy atom. The minimum Gasteiger partial charge on any atom is -0.362 e. The molecule has 2 N–H and O–H groups in total. The van der Waals surface area contributed by atoms with Crippen molar-refractivity contribution in [2.75, 3.05) is 18.4 Å². The standard InChI is InChI=1S/C20H20BrN3O2/c1-13-4-2-7-16-17(13)18(25)23-20(22-16)8-10-24(11-9-20)19(26)14-5-3-6-15(21)12-14/h2-7,12,22H,8-11H2,1H3,(H,23,25). The number of nitrogens with zero attached hydrogens (tertiary/aromatic N) is 1. The monoisotopic (exact) mass is 413 g/mol. The summed E-state index contributed by atoms with van der Waals surface area (Å²) in [6, 6.07) is 13.3. The summed E-state index contributed by atoms with van der Waals surface area (Å²) in [6.07, 6.45) is 1.34. The fraction of sp³-hybridized carbons (Fsp3) is 0.300. The van der Waals surface area contributed by atoms with Crippen LogP contribution in [0.5, 0.6) is 0 Å². The van der Waals surface area contributed by atoms with Gasteiger partial charge in [0.2, 0.25) is 0 Å². The maximum Gasteiger partial charge on any atom is 0.255 e. The number of hydrogen-bond acceptors (Lipinski definition) is 3. The number of anilines is 1. The van der Waals surface area contributed by atoms with Crippen LogP contribution in [0.4, 0.5) is 5.69 Å². The van der Waals surface area contributed by atoms with E-state index in [1.165, 1.54) is 0 Å². The summed E-state index contributed by atoms with van der Waals surface area (Å²) in [5.41, 5.74) is 2.75. The van der Waals surface area contributed by atoms with Crippen molar-refractivity contribution in [3.05, 3.63) is 63.6 Å². The number of halogens is 1. The van der Waals surface area contributed by atoms with Crippen LogP contribution in [0.1, 0.15) is 39.1 Å². The molecule has 2 aromatic rings. The number of rotatable bonds is 1. The number of nitrogens with one attached hydrogen (secondary N) is 2. The van der Waals surface area contributed by atoms with E-state index in [1.807, 2.05) is 54.3 Å². The number of benzene rings is 2. The minimum absolute atomic E-state index is 0.0273. The summed E-state index contributed by atoms with van der Waals surface area (Å²) >= 11 is 3.41. The van der Waals surface area contributed by atoms with Gasteiger partial charge in [-0.05, 0) is 36.8 Å². The highest BCUT2D eigenvalue weighted by molar-refractivity contribution is 9.10. The lowest BCUT2D eigenvalue weighted by Crippen LogP contribution is -2.62. The molecule has 2 aliphatic rings. The van der Waals surface area contributed by atoms with E-state index in [-0.39, 0.29) is 11.8 Å². The van der Waals surface area contributed by atoms with Crippen LogP contribution in [0.2, 0.25) is 0 Å². The van der Waals surface area contributed by atoms with Gasteiger partial charge in [-0.25, -0.2) is 0 Å². The predicted molar refractivity (Wildman–Crippen MR) is 104 cm³/mol. The van der Waals surface area contributed by atoms with Crippen molar-refractivity contribution in [3.8, 4) is 0 Å². The first-order chi connectivity index (χ1) is 12.5. The zero-order valence-electron chi connectivity index (χ0n) is 14.5. The molecule has 0 atom stereocenters. The van der Waals surface area contributed by atoms with Crippen molar-refractivity contribution in [1.29, 1.82) is 0 Å². The lowest BCUT2D eigenvalue weighted by atomic mass is 9.91. The first-order valence-corrected chi connectivity index (χ1v) is 9.52. The molecule has 2 aliphatic heterocycles. The average molecular weight is 414 g/mol. The van der Waals surface area contributed by atoms with Crippen molar-refractivity contribution < 1.29 is 9.59 Å². The molecule has 0 bridgehead atoms. The van der Waals surface area contributed by atoms with Gasteiger partial charge < -0.3 is 15.5 Å². The summed E-state index contributed by atoms with van der Waals surface area (Å²) in [5.74, 6) is -0.0110. The SMILES string of the molecule is Cc1cccc2c1C(=O)NC1(CCN(C(=O)c3cccc(Br)c3)CC1)N2. The van der Waals surface area contributed by atoms with Crippen LogP contribution in [0.15, 0.2) is 46.9 Å². The van der Waals surface area contributed by atoms with Gasteiger partial charge in [0, 0.05) is 41.7 Å². The summed E-state index contributed by atoms with van der Waals surface area (Å²) in [4.78, 5) is 27.2. The van der Waals surface area contributed by atoms with E-state index in [1.54, 1.807) is 0 Å². The molecule has 0 aromatic heterocycles. The van der Waals surface area contributed by atoms with E-state index in [2.05, 4.69) is 26.6 Å². The summed E-state index contributed by atoms with van der Waals surface area (Å²) < 4.78 is 0.894. The van der Waals surface area contributed by atoms with E-state index in [0.29, 0.717) is 37.1 Å². The van der Waals surface area contributed by atoms with Gasteiger partial charge in [0.25, 0.3) is 11.8 Å². The predicted octanol–water partition coefficient (Wildman–Crippen LogP) is 3.55. The summed E-state index contributed by atoms with van der Waals surface area (Å²) in [5, 5.41) is 6.66. The van der Waals surface area contributed by atoms with Gasteiger partial charge in [0.15, 0.2) is 0 Å². The van der Waals surface area contributed by atoms with Crippen LogP contribution in [0, 0.1) is 6.92 Å². The Bertz CT molecular complexity index is 888. The third kappa shape index (κ3) is 2.98. The molecule has 6 heteroatoms. The summed E-state index contributed by atoms with van der Waals surface area (Å²) in [7, 11) is 0. The molecule has 1 spiro atoms. The third-order valence-corrected chi connectivity index (χ3v) is 5.70. The molecular formula is C20H20BrN3O2. The van der Waals surface area contributed by atoms with Crippen LogP contribution < -0.4 is 10.6 Å². The van der Waals surface area contributed by atoms with Gasteiger partial charge in [-0.1, -0.05) is 34.1 Å². The molecule has 0 unspecified atom stereocenters. The second-order valence-electron chi connectivity index (χ2n) is 6.96. The van der Waals surface area contributed by atoms with Crippen LogP contribution in [-0.2, 0) is 0 Å². The van der Waals surface area contributed by atoms with Gasteiger partial charge in [0.05, 0.1) is 5.56 Å². The largest absolute Gasteiger partial charge is 0.362 e. The zero-order valence-corrected chi connectivity index (χ0v) is 16.1. The van der Waals surface area contributed by atoms with Crippen molar-refractivity contribution >= 4 is 33.4 Å². The highest BCUT2D eigenvalue weighted by atomic mass is 79.9. The molecule has 0 radical (unpaired) electrons. The lowest BCUT2D eigenvalue weighted by Gasteiger charge is -2.46. The van der Waals surface area contributed by atoms with Gasteiger partial charge in [-0.15, -0.1) is 0 Å². The van der Waals surface area contributed by atoms with Gasteiger partial charge >= 0.3 is 0 Å². The number of fused-ring (bicyclic) bond motifs is 1. The van der Waals surface area contributed by atoms with Crippen molar-refractivity contribution in [2.45, 2.75) is 25.4 Å². The minimum atomic E-state index is -0.480. The fourth-order valence-corrected chi connectivity index (χ4v) is 4.19. The number of hydrogen-bond donors (Lipinski definition) is 2. The average Bonchev–Trinajstić information content (AvgIpc) is 2.61. The molecule has 5 nitrogen and oxygen atoms in total. The van der Waals surface area contributed by atoms with E-state index in [9.17, 15) is 9.59 Å². The first-order valence-electron chi connectivity index (χ1n) is 8.73. The Labute approximate surface area is 160 Å². The Balaban J connectivity index is 1.50. The molecule has 4 rings (SSSR count). The molecule has 2 heterocycles. The molecule has 26 heavy (non-hydrogen) atoms. The molecular weight excluding hydrogens is 394 g/mol. The molecule has 2 amide bonds. The summed E-state index contributed by atoms with van der Waals surface area (Å²) in [6.45, 7) is 3.14. The number of aryl methyl sites for hydroxylation is 1. The van der Waals surface area contributed by atoms with Gasteiger partial charge in [-0.3, -0.25) is 9.59 Å². The molecule has 0 aliphatic carbocycles. The second-order valence-corrected chi connectivity index (χ2v) is 7.88. The maximum absolute atomic E-state index is 12.7.